The number of aliphatic imine (C=N–C) groups is 1. The van der Waals surface area contributed by atoms with Gasteiger partial charge in [0.1, 0.15) is 0 Å². The van der Waals surface area contributed by atoms with Gasteiger partial charge < -0.3 is 4.74 Å². The lowest BCUT2D eigenvalue weighted by molar-refractivity contribution is -0.122. The molecule has 3 rings (SSSR count). The lowest BCUT2D eigenvalue weighted by atomic mass is 10.2. The molecule has 0 radical (unpaired) electrons. The quantitative estimate of drug-likeness (QED) is 0.448. The molecular weight excluding hydrogens is 403 g/mol. The number of amidine groups is 1. The zero-order valence-corrected chi connectivity index (χ0v) is 17.0. The van der Waals surface area contributed by atoms with E-state index in [0.29, 0.717) is 39.9 Å². The number of ether oxygens (including phenoxy) is 1. The van der Waals surface area contributed by atoms with Gasteiger partial charge in [-0.25, -0.2) is 4.99 Å². The third-order valence-corrected chi connectivity index (χ3v) is 5.35. The van der Waals surface area contributed by atoms with Crippen LogP contribution in [0.3, 0.4) is 0 Å². The van der Waals surface area contributed by atoms with Crippen molar-refractivity contribution >= 4 is 57.8 Å². The van der Waals surface area contributed by atoms with Crippen molar-refractivity contribution in [1.82, 2.24) is 4.90 Å². The van der Waals surface area contributed by atoms with Crippen LogP contribution in [0.25, 0.3) is 6.08 Å². The molecule has 1 fully saturated rings. The molecule has 2 aromatic rings. The Bertz CT molecular complexity index is 885. The summed E-state index contributed by atoms with van der Waals surface area (Å²) < 4.78 is 5.41. The fourth-order valence-corrected chi connectivity index (χ4v) is 3.94. The van der Waals surface area contributed by atoms with E-state index in [9.17, 15) is 4.79 Å². The summed E-state index contributed by atoms with van der Waals surface area (Å²) in [5.41, 5.74) is 1.53. The van der Waals surface area contributed by atoms with Gasteiger partial charge in [-0.15, -0.1) is 0 Å². The number of benzene rings is 2. The van der Waals surface area contributed by atoms with E-state index in [4.69, 9.17) is 27.9 Å². The molecule has 4 nitrogen and oxygen atoms in total. The van der Waals surface area contributed by atoms with E-state index < -0.39 is 0 Å². The highest BCUT2D eigenvalue weighted by molar-refractivity contribution is 8.18. The highest BCUT2D eigenvalue weighted by Crippen LogP contribution is 2.35. The van der Waals surface area contributed by atoms with Gasteiger partial charge in [0.15, 0.2) is 5.17 Å². The maximum atomic E-state index is 12.9. The number of rotatable bonds is 6. The van der Waals surface area contributed by atoms with E-state index >= 15 is 0 Å². The SMILES string of the molecule is CCOCCN1C(=O)C(=Cc2ccc(Cl)cc2Cl)SC1=Nc1ccccc1. The topological polar surface area (TPSA) is 41.9 Å². The summed E-state index contributed by atoms with van der Waals surface area (Å²) in [6, 6.07) is 14.7. The molecule has 1 amide bonds. The molecule has 0 atom stereocenters. The second-order valence-corrected chi connectivity index (χ2v) is 7.51. The van der Waals surface area contributed by atoms with E-state index in [1.807, 2.05) is 37.3 Å². The predicted octanol–water partition coefficient (Wildman–Crippen LogP) is 5.63. The number of amides is 1. The van der Waals surface area contributed by atoms with Crippen molar-refractivity contribution in [3.05, 3.63) is 69.0 Å². The molecule has 0 aromatic heterocycles. The predicted molar refractivity (Wildman–Crippen MR) is 114 cm³/mol. The van der Waals surface area contributed by atoms with Crippen LogP contribution in [0, 0.1) is 0 Å². The Morgan fingerprint density at radius 2 is 1.96 bits per heavy atom. The number of halogens is 2. The van der Waals surface area contributed by atoms with Crippen LogP contribution in [0.15, 0.2) is 58.4 Å². The van der Waals surface area contributed by atoms with Gasteiger partial charge in [-0.3, -0.25) is 9.69 Å². The summed E-state index contributed by atoms with van der Waals surface area (Å²) in [5.74, 6) is -0.111. The Morgan fingerprint density at radius 3 is 2.67 bits per heavy atom. The first-order valence-corrected chi connectivity index (χ1v) is 10.0. The average molecular weight is 421 g/mol. The molecule has 0 aliphatic carbocycles. The van der Waals surface area contributed by atoms with E-state index in [1.165, 1.54) is 11.8 Å². The van der Waals surface area contributed by atoms with Crippen LogP contribution < -0.4 is 0 Å². The minimum absolute atomic E-state index is 0.111. The lowest BCUT2D eigenvalue weighted by Gasteiger charge is -2.15. The van der Waals surface area contributed by atoms with Gasteiger partial charge in [-0.05, 0) is 54.6 Å². The fraction of sp³-hybridized carbons (Fsp3) is 0.200. The number of nitrogens with zero attached hydrogens (tertiary/aromatic N) is 2. The van der Waals surface area contributed by atoms with E-state index in [0.717, 1.165) is 11.3 Å². The first-order valence-electron chi connectivity index (χ1n) is 8.46. The molecule has 0 saturated carbocycles. The number of carbonyl (C=O) groups is 1. The Kier molecular flexibility index (Phi) is 6.96. The van der Waals surface area contributed by atoms with Gasteiger partial charge in [-0.2, -0.15) is 0 Å². The van der Waals surface area contributed by atoms with Crippen molar-refractivity contribution < 1.29 is 9.53 Å². The molecule has 27 heavy (non-hydrogen) atoms. The standard InChI is InChI=1S/C20H18Cl2N2O2S/c1-2-26-11-10-24-19(25)18(12-14-8-9-15(21)13-17(14)22)27-20(24)23-16-6-4-3-5-7-16/h3-9,12-13H,2,10-11H2,1H3. The number of carbonyl (C=O) groups excluding carboxylic acids is 1. The molecule has 0 N–H and O–H groups in total. The van der Waals surface area contributed by atoms with Gasteiger partial charge in [-0.1, -0.05) is 47.5 Å². The molecule has 1 aliphatic rings. The van der Waals surface area contributed by atoms with Crippen LogP contribution in [-0.2, 0) is 9.53 Å². The molecule has 1 saturated heterocycles. The molecule has 140 valence electrons. The van der Waals surface area contributed by atoms with E-state index in [1.54, 1.807) is 29.2 Å². The van der Waals surface area contributed by atoms with Crippen molar-refractivity contribution in [2.75, 3.05) is 19.8 Å². The Hall–Kier alpha value is -1.79. The van der Waals surface area contributed by atoms with Gasteiger partial charge >= 0.3 is 0 Å². The van der Waals surface area contributed by atoms with Gasteiger partial charge in [0, 0.05) is 16.7 Å². The highest BCUT2D eigenvalue weighted by Gasteiger charge is 2.33. The minimum Gasteiger partial charge on any atom is -0.380 e. The number of hydrogen-bond donors (Lipinski definition) is 0. The lowest BCUT2D eigenvalue weighted by Crippen LogP contribution is -2.32. The highest BCUT2D eigenvalue weighted by atomic mass is 35.5. The van der Waals surface area contributed by atoms with Crippen molar-refractivity contribution in [2.45, 2.75) is 6.92 Å². The fourth-order valence-electron chi connectivity index (χ4n) is 2.46. The minimum atomic E-state index is -0.111. The second-order valence-electron chi connectivity index (χ2n) is 5.66. The molecule has 0 spiro atoms. The smallest absolute Gasteiger partial charge is 0.266 e. The van der Waals surface area contributed by atoms with Gasteiger partial charge in [0.2, 0.25) is 0 Å². The van der Waals surface area contributed by atoms with Crippen LogP contribution >= 0.6 is 35.0 Å². The molecule has 2 aromatic carbocycles. The van der Waals surface area contributed by atoms with E-state index in [2.05, 4.69) is 4.99 Å². The number of para-hydroxylation sites is 1. The van der Waals surface area contributed by atoms with Crippen LogP contribution in [-0.4, -0.2) is 35.7 Å². The molecular formula is C20H18Cl2N2O2S. The number of hydrogen-bond acceptors (Lipinski definition) is 4. The molecule has 0 bridgehead atoms. The van der Waals surface area contributed by atoms with Crippen LogP contribution in [0.4, 0.5) is 5.69 Å². The van der Waals surface area contributed by atoms with Gasteiger partial charge in [0.25, 0.3) is 5.91 Å². The summed E-state index contributed by atoms with van der Waals surface area (Å²) in [7, 11) is 0. The monoisotopic (exact) mass is 420 g/mol. The summed E-state index contributed by atoms with van der Waals surface area (Å²) >= 11 is 13.5. The first-order chi connectivity index (χ1) is 13.1. The molecule has 0 unspecified atom stereocenters. The molecule has 1 heterocycles. The Labute approximate surface area is 172 Å². The first kappa shape index (κ1) is 20.0. The van der Waals surface area contributed by atoms with Crippen LogP contribution in [0.1, 0.15) is 12.5 Å². The number of thioether (sulfide) groups is 1. The largest absolute Gasteiger partial charge is 0.380 e. The summed E-state index contributed by atoms with van der Waals surface area (Å²) in [6.07, 6.45) is 1.77. The van der Waals surface area contributed by atoms with Gasteiger partial charge in [0.05, 0.1) is 23.7 Å². The average Bonchev–Trinajstić information content (AvgIpc) is 2.94. The van der Waals surface area contributed by atoms with Crippen LogP contribution in [0.2, 0.25) is 10.0 Å². The van der Waals surface area contributed by atoms with Crippen molar-refractivity contribution in [2.24, 2.45) is 4.99 Å². The van der Waals surface area contributed by atoms with Crippen LogP contribution in [0.5, 0.6) is 0 Å². The summed E-state index contributed by atoms with van der Waals surface area (Å²) in [4.78, 5) is 19.7. The maximum absolute atomic E-state index is 12.9. The zero-order chi connectivity index (χ0) is 19.2. The van der Waals surface area contributed by atoms with Crippen molar-refractivity contribution in [3.63, 3.8) is 0 Å². The normalized spacial score (nSPS) is 17.3. The molecule has 7 heteroatoms. The Balaban J connectivity index is 1.91. The third-order valence-electron chi connectivity index (χ3n) is 3.78. The Morgan fingerprint density at radius 1 is 1.19 bits per heavy atom. The summed E-state index contributed by atoms with van der Waals surface area (Å²) in [5, 5.41) is 1.68. The van der Waals surface area contributed by atoms with Crippen molar-refractivity contribution in [3.8, 4) is 0 Å². The second kappa shape index (κ2) is 9.42. The third kappa shape index (κ3) is 5.14. The van der Waals surface area contributed by atoms with E-state index in [-0.39, 0.29) is 5.91 Å². The summed E-state index contributed by atoms with van der Waals surface area (Å²) in [6.45, 7) is 3.42. The van der Waals surface area contributed by atoms with Crippen molar-refractivity contribution in [1.29, 1.82) is 0 Å². The zero-order valence-electron chi connectivity index (χ0n) is 14.7. The maximum Gasteiger partial charge on any atom is 0.266 e. The molecule has 1 aliphatic heterocycles.